The molecule has 7 heteroatoms. The van der Waals surface area contributed by atoms with Gasteiger partial charge in [-0.15, -0.1) is 11.8 Å². The summed E-state index contributed by atoms with van der Waals surface area (Å²) in [5, 5.41) is 11.9. The van der Waals surface area contributed by atoms with Crippen LogP contribution >= 0.6 is 11.8 Å². The maximum atomic E-state index is 11.6. The first-order chi connectivity index (χ1) is 12.6. The van der Waals surface area contributed by atoms with E-state index < -0.39 is 4.92 Å². The molecule has 0 unspecified atom stereocenters. The fourth-order valence-corrected chi connectivity index (χ4v) is 3.60. The molecule has 26 heavy (non-hydrogen) atoms. The fourth-order valence-electron chi connectivity index (χ4n) is 2.72. The Morgan fingerprint density at radius 2 is 1.92 bits per heavy atom. The highest BCUT2D eigenvalue weighted by atomic mass is 32.2. The number of nitro groups is 1. The van der Waals surface area contributed by atoms with E-state index in [2.05, 4.69) is 4.57 Å². The molecule has 0 bridgehead atoms. The summed E-state index contributed by atoms with van der Waals surface area (Å²) in [5.74, 6) is 0.0315. The SMILES string of the molecule is CCOC(=O)CSc1cn(Cc2ccc([N+](=O)[O-])cc2)c2ccccc12. The molecule has 0 saturated heterocycles. The number of esters is 1. The van der Waals surface area contributed by atoms with Gasteiger partial charge in [-0.05, 0) is 18.6 Å². The second-order valence-corrected chi connectivity index (χ2v) is 6.67. The number of hydrogen-bond acceptors (Lipinski definition) is 5. The van der Waals surface area contributed by atoms with Gasteiger partial charge in [-0.3, -0.25) is 14.9 Å². The van der Waals surface area contributed by atoms with Gasteiger partial charge in [0.15, 0.2) is 0 Å². The molecule has 1 heterocycles. The lowest BCUT2D eigenvalue weighted by Crippen LogP contribution is -2.06. The molecule has 0 aliphatic heterocycles. The number of carbonyl (C=O) groups is 1. The predicted octanol–water partition coefficient (Wildman–Crippen LogP) is 4.25. The van der Waals surface area contributed by atoms with Crippen molar-refractivity contribution >= 4 is 34.3 Å². The molecular weight excluding hydrogens is 352 g/mol. The third-order valence-electron chi connectivity index (χ3n) is 3.90. The van der Waals surface area contributed by atoms with Crippen molar-refractivity contribution < 1.29 is 14.5 Å². The number of non-ortho nitro benzene ring substituents is 1. The number of hydrogen-bond donors (Lipinski definition) is 0. The first-order valence-corrected chi connectivity index (χ1v) is 9.16. The lowest BCUT2D eigenvalue weighted by atomic mass is 10.2. The Kier molecular flexibility index (Phi) is 5.58. The van der Waals surface area contributed by atoms with E-state index in [1.54, 1.807) is 19.1 Å². The van der Waals surface area contributed by atoms with Crippen LogP contribution in [0.25, 0.3) is 10.9 Å². The third-order valence-corrected chi connectivity index (χ3v) is 4.92. The Labute approximate surface area is 154 Å². The molecule has 0 spiro atoms. The Morgan fingerprint density at radius 3 is 2.62 bits per heavy atom. The van der Waals surface area contributed by atoms with Crippen LogP contribution in [0.3, 0.4) is 0 Å². The summed E-state index contributed by atoms with van der Waals surface area (Å²) in [6, 6.07) is 14.5. The van der Waals surface area contributed by atoms with E-state index in [4.69, 9.17) is 4.74 Å². The average Bonchev–Trinajstić information content (AvgIpc) is 2.99. The number of benzene rings is 2. The van der Waals surface area contributed by atoms with E-state index in [0.29, 0.717) is 13.2 Å². The van der Waals surface area contributed by atoms with Gasteiger partial charge in [0.2, 0.25) is 0 Å². The summed E-state index contributed by atoms with van der Waals surface area (Å²) < 4.78 is 7.07. The first kappa shape index (κ1) is 18.0. The number of fused-ring (bicyclic) bond motifs is 1. The Balaban J connectivity index is 1.84. The number of nitro benzene ring substituents is 1. The summed E-state index contributed by atoms with van der Waals surface area (Å²) in [6.07, 6.45) is 2.01. The zero-order chi connectivity index (χ0) is 18.5. The lowest BCUT2D eigenvalue weighted by Gasteiger charge is -2.05. The maximum Gasteiger partial charge on any atom is 0.316 e. The molecule has 0 atom stereocenters. The highest BCUT2D eigenvalue weighted by Crippen LogP contribution is 2.30. The number of aromatic nitrogens is 1. The minimum Gasteiger partial charge on any atom is -0.465 e. The van der Waals surface area contributed by atoms with Gasteiger partial charge < -0.3 is 9.30 Å². The monoisotopic (exact) mass is 370 g/mol. The van der Waals surface area contributed by atoms with Crippen LogP contribution in [0, 0.1) is 10.1 Å². The van der Waals surface area contributed by atoms with Crippen molar-refractivity contribution in [2.75, 3.05) is 12.4 Å². The number of nitrogens with zero attached hydrogens (tertiary/aromatic N) is 2. The Morgan fingerprint density at radius 1 is 1.19 bits per heavy atom. The summed E-state index contributed by atoms with van der Waals surface area (Å²) in [6.45, 7) is 2.76. The molecule has 0 aliphatic rings. The quantitative estimate of drug-likeness (QED) is 0.269. The first-order valence-electron chi connectivity index (χ1n) is 8.18. The topological polar surface area (TPSA) is 74.4 Å². The van der Waals surface area contributed by atoms with Gasteiger partial charge in [0, 0.05) is 40.7 Å². The summed E-state index contributed by atoms with van der Waals surface area (Å²) in [7, 11) is 0. The number of para-hydroxylation sites is 1. The molecule has 1 aromatic heterocycles. The number of carbonyl (C=O) groups excluding carboxylic acids is 1. The zero-order valence-corrected chi connectivity index (χ0v) is 15.1. The fraction of sp³-hybridized carbons (Fsp3) is 0.211. The molecule has 0 amide bonds. The minimum absolute atomic E-state index is 0.0804. The van der Waals surface area contributed by atoms with Gasteiger partial charge in [0.1, 0.15) is 0 Å². The van der Waals surface area contributed by atoms with Crippen LogP contribution < -0.4 is 0 Å². The van der Waals surface area contributed by atoms with Gasteiger partial charge in [-0.1, -0.05) is 30.3 Å². The molecule has 2 aromatic carbocycles. The van der Waals surface area contributed by atoms with Crippen molar-refractivity contribution in [1.29, 1.82) is 0 Å². The van der Waals surface area contributed by atoms with Crippen molar-refractivity contribution in [2.45, 2.75) is 18.4 Å². The van der Waals surface area contributed by atoms with Crippen LogP contribution in [0.4, 0.5) is 5.69 Å². The van der Waals surface area contributed by atoms with Crippen LogP contribution in [0.5, 0.6) is 0 Å². The summed E-state index contributed by atoms with van der Waals surface area (Å²) in [5.41, 5.74) is 2.10. The minimum atomic E-state index is -0.404. The average molecular weight is 370 g/mol. The van der Waals surface area contributed by atoms with E-state index in [-0.39, 0.29) is 17.4 Å². The largest absolute Gasteiger partial charge is 0.465 e. The van der Waals surface area contributed by atoms with Gasteiger partial charge in [-0.25, -0.2) is 0 Å². The molecule has 0 N–H and O–H groups in total. The highest BCUT2D eigenvalue weighted by Gasteiger charge is 2.12. The van der Waals surface area contributed by atoms with E-state index in [1.807, 2.05) is 30.5 Å². The van der Waals surface area contributed by atoms with E-state index in [9.17, 15) is 14.9 Å². The smallest absolute Gasteiger partial charge is 0.316 e. The van der Waals surface area contributed by atoms with E-state index in [1.165, 1.54) is 23.9 Å². The van der Waals surface area contributed by atoms with Crippen LogP contribution in [0.15, 0.2) is 59.6 Å². The molecular formula is C19H18N2O4S. The third kappa shape index (κ3) is 4.05. The van der Waals surface area contributed by atoms with Gasteiger partial charge >= 0.3 is 5.97 Å². The Hall–Kier alpha value is -2.80. The predicted molar refractivity (Wildman–Crippen MR) is 101 cm³/mol. The Bertz CT molecular complexity index is 934. The van der Waals surface area contributed by atoms with E-state index in [0.717, 1.165) is 21.4 Å². The van der Waals surface area contributed by atoms with Gasteiger partial charge in [-0.2, -0.15) is 0 Å². The molecule has 0 radical (unpaired) electrons. The van der Waals surface area contributed by atoms with Crippen molar-refractivity contribution in [3.8, 4) is 0 Å². The van der Waals surface area contributed by atoms with Crippen molar-refractivity contribution in [3.05, 3.63) is 70.4 Å². The number of thioether (sulfide) groups is 1. The molecule has 6 nitrogen and oxygen atoms in total. The molecule has 0 aliphatic carbocycles. The molecule has 134 valence electrons. The van der Waals surface area contributed by atoms with Gasteiger partial charge in [0.25, 0.3) is 5.69 Å². The second kappa shape index (κ2) is 8.05. The maximum absolute atomic E-state index is 11.6. The molecule has 3 aromatic rings. The van der Waals surface area contributed by atoms with Crippen molar-refractivity contribution in [3.63, 3.8) is 0 Å². The van der Waals surface area contributed by atoms with Crippen LogP contribution in [-0.4, -0.2) is 27.8 Å². The van der Waals surface area contributed by atoms with Crippen LogP contribution in [0.1, 0.15) is 12.5 Å². The summed E-state index contributed by atoms with van der Waals surface area (Å²) in [4.78, 5) is 23.0. The number of ether oxygens (including phenoxy) is 1. The molecule has 0 fully saturated rings. The van der Waals surface area contributed by atoms with Crippen LogP contribution in [-0.2, 0) is 16.1 Å². The normalized spacial score (nSPS) is 10.8. The number of rotatable bonds is 7. The van der Waals surface area contributed by atoms with E-state index >= 15 is 0 Å². The molecule has 0 saturated carbocycles. The lowest BCUT2D eigenvalue weighted by molar-refractivity contribution is -0.384. The standard InChI is InChI=1S/C19H18N2O4S/c1-2-25-19(22)13-26-18-12-20(17-6-4-3-5-16(17)18)11-14-7-9-15(10-8-14)21(23)24/h3-10,12H,2,11,13H2,1H3. The van der Waals surface area contributed by atoms with Gasteiger partial charge in [0.05, 0.1) is 17.3 Å². The van der Waals surface area contributed by atoms with Crippen molar-refractivity contribution in [2.24, 2.45) is 0 Å². The van der Waals surface area contributed by atoms with Crippen LogP contribution in [0.2, 0.25) is 0 Å². The zero-order valence-electron chi connectivity index (χ0n) is 14.3. The van der Waals surface area contributed by atoms with Crippen molar-refractivity contribution in [1.82, 2.24) is 4.57 Å². The highest BCUT2D eigenvalue weighted by molar-refractivity contribution is 8.00. The molecule has 3 rings (SSSR count). The second-order valence-electron chi connectivity index (χ2n) is 5.66. The summed E-state index contributed by atoms with van der Waals surface area (Å²) >= 11 is 1.45.